The maximum absolute atomic E-state index is 12.3. The number of benzene rings is 2. The van der Waals surface area contributed by atoms with Crippen molar-refractivity contribution < 1.29 is 19.4 Å². The highest BCUT2D eigenvalue weighted by molar-refractivity contribution is 6.08. The summed E-state index contributed by atoms with van der Waals surface area (Å²) in [7, 11) is 1.60. The fraction of sp³-hybridized carbons (Fsp3) is 0.429. The van der Waals surface area contributed by atoms with E-state index in [1.165, 1.54) is 38.5 Å². The average Bonchev–Trinajstić information content (AvgIpc) is 2.91. The molecule has 1 saturated heterocycles. The van der Waals surface area contributed by atoms with E-state index in [1.807, 2.05) is 37.3 Å². The summed E-state index contributed by atoms with van der Waals surface area (Å²) in [4.78, 5) is 19.3. The van der Waals surface area contributed by atoms with Crippen molar-refractivity contribution in [2.75, 3.05) is 38.7 Å². The van der Waals surface area contributed by atoms with Gasteiger partial charge >= 0.3 is 0 Å². The van der Waals surface area contributed by atoms with E-state index in [0.717, 1.165) is 29.8 Å². The Balaban J connectivity index is 1.64. The zero-order chi connectivity index (χ0) is 25.5. The van der Waals surface area contributed by atoms with Crippen molar-refractivity contribution in [3.8, 4) is 11.5 Å². The number of nitrogens with two attached hydrogens (primary N) is 1. The average molecular weight is 493 g/mol. The number of piperidine rings is 1. The Bertz CT molecular complexity index is 1210. The van der Waals surface area contributed by atoms with Crippen LogP contribution in [0.15, 0.2) is 36.5 Å². The molecule has 8 nitrogen and oxygen atoms in total. The summed E-state index contributed by atoms with van der Waals surface area (Å²) < 4.78 is 11.7. The Labute approximate surface area is 212 Å². The molecule has 0 saturated carbocycles. The Kier molecular flexibility index (Phi) is 8.61. The predicted octanol–water partition coefficient (Wildman–Crippen LogP) is 4.40. The molecule has 4 N–H and O–H groups in total. The number of carbonyl (C=O) groups is 1. The number of methoxy groups -OCH3 is 1. The van der Waals surface area contributed by atoms with Crippen molar-refractivity contribution in [2.45, 2.75) is 45.6 Å². The van der Waals surface area contributed by atoms with Gasteiger partial charge in [-0.3, -0.25) is 9.78 Å². The van der Waals surface area contributed by atoms with Crippen LogP contribution in [0, 0.1) is 0 Å². The number of anilines is 2. The topological polar surface area (TPSA) is 110 Å². The fourth-order valence-corrected chi connectivity index (χ4v) is 4.90. The van der Waals surface area contributed by atoms with E-state index in [1.54, 1.807) is 7.11 Å². The van der Waals surface area contributed by atoms with Crippen LogP contribution in [0.25, 0.3) is 10.9 Å². The summed E-state index contributed by atoms with van der Waals surface area (Å²) in [5.41, 5.74) is 9.80. The number of hydrogen-bond donors (Lipinski definition) is 3. The van der Waals surface area contributed by atoms with Crippen LogP contribution in [-0.4, -0.2) is 54.2 Å². The molecule has 1 fully saturated rings. The molecule has 36 heavy (non-hydrogen) atoms. The number of nitrogens with zero attached hydrogens (tertiary/aromatic N) is 2. The molecular formula is C28H36N4O4. The van der Waals surface area contributed by atoms with Gasteiger partial charge in [0.15, 0.2) is 11.5 Å². The number of fused-ring (bicyclic) bond motifs is 1. The van der Waals surface area contributed by atoms with E-state index in [9.17, 15) is 9.90 Å². The fourth-order valence-electron chi connectivity index (χ4n) is 4.90. The summed E-state index contributed by atoms with van der Waals surface area (Å²) in [6.45, 7) is 5.90. The van der Waals surface area contributed by atoms with Gasteiger partial charge in [0.05, 0.1) is 37.1 Å². The minimum atomic E-state index is -0.583. The highest BCUT2D eigenvalue weighted by Gasteiger charge is 2.19. The van der Waals surface area contributed by atoms with Crippen LogP contribution in [0.5, 0.6) is 11.5 Å². The number of carbonyl (C=O) groups excluding carboxylic acids is 1. The van der Waals surface area contributed by atoms with Gasteiger partial charge in [0.2, 0.25) is 0 Å². The van der Waals surface area contributed by atoms with Crippen LogP contribution in [0.4, 0.5) is 11.4 Å². The lowest BCUT2D eigenvalue weighted by atomic mass is 10.0. The van der Waals surface area contributed by atoms with Crippen LogP contribution in [0.3, 0.4) is 0 Å². The van der Waals surface area contributed by atoms with Gasteiger partial charge in [0, 0.05) is 29.9 Å². The number of pyridine rings is 1. The molecule has 2 aromatic carbocycles. The Hall–Kier alpha value is -3.36. The van der Waals surface area contributed by atoms with Crippen LogP contribution < -0.4 is 20.5 Å². The quantitative estimate of drug-likeness (QED) is 0.340. The SMILES string of the molecule is CCc1c(CO)cccc1Nc1c(C(N)=O)cnc2cc(OCCCN3CCCCC3)c(OC)cc12. The molecule has 1 aliphatic rings. The van der Waals surface area contributed by atoms with Crippen molar-refractivity contribution in [3.05, 3.63) is 53.2 Å². The second-order valence-corrected chi connectivity index (χ2v) is 9.12. The zero-order valence-corrected chi connectivity index (χ0v) is 21.2. The predicted molar refractivity (Wildman–Crippen MR) is 142 cm³/mol. The first kappa shape index (κ1) is 25.7. The molecule has 4 rings (SSSR count). The van der Waals surface area contributed by atoms with E-state index in [4.69, 9.17) is 15.2 Å². The summed E-state index contributed by atoms with van der Waals surface area (Å²) >= 11 is 0. The maximum Gasteiger partial charge on any atom is 0.252 e. The number of primary amides is 1. The lowest BCUT2D eigenvalue weighted by Gasteiger charge is -2.26. The normalized spacial score (nSPS) is 14.1. The third kappa shape index (κ3) is 5.71. The second-order valence-electron chi connectivity index (χ2n) is 9.12. The van der Waals surface area contributed by atoms with Crippen LogP contribution in [-0.2, 0) is 13.0 Å². The van der Waals surface area contributed by atoms with E-state index in [2.05, 4.69) is 15.2 Å². The molecule has 192 valence electrons. The Morgan fingerprint density at radius 3 is 2.69 bits per heavy atom. The van der Waals surface area contributed by atoms with Gasteiger partial charge in [-0.2, -0.15) is 0 Å². The highest BCUT2D eigenvalue weighted by atomic mass is 16.5. The lowest BCUT2D eigenvalue weighted by Crippen LogP contribution is -2.31. The van der Waals surface area contributed by atoms with Crippen molar-refractivity contribution in [1.29, 1.82) is 0 Å². The molecular weight excluding hydrogens is 456 g/mol. The molecule has 0 spiro atoms. The first-order chi connectivity index (χ1) is 17.5. The lowest BCUT2D eigenvalue weighted by molar-refractivity contribution is 0.100. The monoisotopic (exact) mass is 492 g/mol. The number of aromatic nitrogens is 1. The number of amides is 1. The van der Waals surface area contributed by atoms with E-state index < -0.39 is 5.91 Å². The molecule has 0 radical (unpaired) electrons. The van der Waals surface area contributed by atoms with Gasteiger partial charge in [0.1, 0.15) is 0 Å². The summed E-state index contributed by atoms with van der Waals surface area (Å²) in [6, 6.07) is 9.36. The number of nitrogens with one attached hydrogen (secondary N) is 1. The summed E-state index contributed by atoms with van der Waals surface area (Å²) in [5.74, 6) is 0.595. The van der Waals surface area contributed by atoms with E-state index in [0.29, 0.717) is 41.1 Å². The first-order valence-corrected chi connectivity index (χ1v) is 12.7. The maximum atomic E-state index is 12.3. The Morgan fingerprint density at radius 2 is 2.00 bits per heavy atom. The number of rotatable bonds is 11. The van der Waals surface area contributed by atoms with Crippen molar-refractivity contribution in [1.82, 2.24) is 9.88 Å². The molecule has 0 atom stereocenters. The molecule has 0 aliphatic carbocycles. The first-order valence-electron chi connectivity index (χ1n) is 12.7. The molecule has 2 heterocycles. The van der Waals surface area contributed by atoms with Gasteiger partial charge in [-0.25, -0.2) is 0 Å². The van der Waals surface area contributed by atoms with Crippen molar-refractivity contribution >= 4 is 28.2 Å². The third-order valence-corrected chi connectivity index (χ3v) is 6.80. The van der Waals surface area contributed by atoms with Gasteiger partial charge in [0.25, 0.3) is 5.91 Å². The highest BCUT2D eigenvalue weighted by Crippen LogP contribution is 2.38. The number of aliphatic hydroxyl groups excluding tert-OH is 1. The molecule has 0 unspecified atom stereocenters. The van der Waals surface area contributed by atoms with Crippen LogP contribution >= 0.6 is 0 Å². The smallest absolute Gasteiger partial charge is 0.252 e. The van der Waals surface area contributed by atoms with E-state index >= 15 is 0 Å². The number of likely N-dealkylation sites (tertiary alicyclic amines) is 1. The molecule has 1 aliphatic heterocycles. The molecule has 0 bridgehead atoms. The minimum absolute atomic E-state index is 0.0647. The largest absolute Gasteiger partial charge is 0.493 e. The second kappa shape index (κ2) is 12.1. The number of hydrogen-bond acceptors (Lipinski definition) is 7. The van der Waals surface area contributed by atoms with Gasteiger partial charge < -0.3 is 30.5 Å². The molecule has 1 amide bonds. The third-order valence-electron chi connectivity index (χ3n) is 6.80. The van der Waals surface area contributed by atoms with Gasteiger partial charge in [-0.15, -0.1) is 0 Å². The Morgan fingerprint density at radius 1 is 1.19 bits per heavy atom. The van der Waals surface area contributed by atoms with Gasteiger partial charge in [-0.05, 0) is 62.0 Å². The molecule has 1 aromatic heterocycles. The minimum Gasteiger partial charge on any atom is -0.493 e. The summed E-state index contributed by atoms with van der Waals surface area (Å²) in [5, 5.41) is 13.9. The van der Waals surface area contributed by atoms with Crippen molar-refractivity contribution in [2.24, 2.45) is 5.73 Å². The van der Waals surface area contributed by atoms with Crippen molar-refractivity contribution in [3.63, 3.8) is 0 Å². The zero-order valence-electron chi connectivity index (χ0n) is 21.2. The van der Waals surface area contributed by atoms with Crippen LogP contribution in [0.2, 0.25) is 0 Å². The van der Waals surface area contributed by atoms with Crippen LogP contribution in [0.1, 0.15) is 54.1 Å². The molecule has 8 heteroatoms. The number of aliphatic hydroxyl groups is 1. The van der Waals surface area contributed by atoms with E-state index in [-0.39, 0.29) is 12.2 Å². The molecule has 3 aromatic rings. The summed E-state index contributed by atoms with van der Waals surface area (Å²) in [6.07, 6.45) is 7.02. The number of ether oxygens (including phenoxy) is 2. The standard InChI is InChI=1S/C28H36N4O4/c1-3-20-19(18-33)9-7-10-23(20)31-27-21-15-25(35-2)26(16-24(21)30-17-22(27)28(29)34)36-14-8-13-32-11-5-4-6-12-32/h7,9-10,15-17,33H,3-6,8,11-14,18H2,1-2H3,(H2,29,34)(H,30,31). The van der Waals surface area contributed by atoms with Gasteiger partial charge in [-0.1, -0.05) is 25.5 Å².